The van der Waals surface area contributed by atoms with E-state index in [0.29, 0.717) is 22.9 Å². The fourth-order valence-electron chi connectivity index (χ4n) is 2.97. The first kappa shape index (κ1) is 19.1. The molecule has 2 aromatic heterocycles. The lowest BCUT2D eigenvalue weighted by atomic mass is 9.91. The van der Waals surface area contributed by atoms with E-state index in [-0.39, 0.29) is 5.92 Å². The van der Waals surface area contributed by atoms with Gasteiger partial charge in [-0.25, -0.2) is 0 Å². The van der Waals surface area contributed by atoms with Gasteiger partial charge >= 0.3 is 0 Å². The number of nitrogens with zero attached hydrogens (tertiary/aromatic N) is 2. The van der Waals surface area contributed by atoms with Crippen molar-refractivity contribution in [1.82, 2.24) is 9.78 Å². The van der Waals surface area contributed by atoms with Crippen LogP contribution in [0.4, 0.5) is 0 Å². The van der Waals surface area contributed by atoms with Crippen LogP contribution >= 0.6 is 38.9 Å². The number of nitrogens with two attached hydrogens (primary N) is 2. The molecule has 5 nitrogen and oxygen atoms in total. The van der Waals surface area contributed by atoms with Crippen molar-refractivity contribution in [2.24, 2.45) is 18.5 Å². The number of rotatable bonds is 6. The molecule has 1 atom stereocenters. The normalized spacial score (nSPS) is 12.3. The first-order valence-electron chi connectivity index (χ1n) is 7.97. The van der Waals surface area contributed by atoms with Crippen LogP contribution in [0, 0.1) is 0 Å². The van der Waals surface area contributed by atoms with Gasteiger partial charge in [0, 0.05) is 28.7 Å². The maximum Gasteiger partial charge on any atom is 0.259 e. The molecular formula is C18H18BrClN4OS. The SMILES string of the molecule is Cn1nccc1-c1sc(C(N)=O)c([C@@H](CN)Cc2ccccc2Cl)c1Br. The van der Waals surface area contributed by atoms with Gasteiger partial charge in [-0.2, -0.15) is 5.10 Å². The summed E-state index contributed by atoms with van der Waals surface area (Å²) in [5.74, 6) is -0.554. The average Bonchev–Trinajstić information content (AvgIpc) is 3.17. The second-order valence-electron chi connectivity index (χ2n) is 5.92. The Morgan fingerprint density at radius 1 is 1.38 bits per heavy atom. The fraction of sp³-hybridized carbons (Fsp3) is 0.222. The largest absolute Gasteiger partial charge is 0.365 e. The van der Waals surface area contributed by atoms with E-state index in [2.05, 4.69) is 21.0 Å². The number of hydrogen-bond donors (Lipinski definition) is 2. The second-order valence-corrected chi connectivity index (χ2v) is 8.14. The van der Waals surface area contributed by atoms with E-state index in [0.717, 1.165) is 26.2 Å². The predicted octanol–water partition coefficient (Wildman–Crippen LogP) is 3.95. The quantitative estimate of drug-likeness (QED) is 0.592. The van der Waals surface area contributed by atoms with E-state index in [9.17, 15) is 4.79 Å². The Morgan fingerprint density at radius 3 is 2.69 bits per heavy atom. The van der Waals surface area contributed by atoms with Crippen LogP contribution in [-0.4, -0.2) is 22.2 Å². The lowest BCUT2D eigenvalue weighted by Crippen LogP contribution is -2.20. The van der Waals surface area contributed by atoms with E-state index >= 15 is 0 Å². The Morgan fingerprint density at radius 2 is 2.12 bits per heavy atom. The Kier molecular flexibility index (Phi) is 5.82. The van der Waals surface area contributed by atoms with Gasteiger partial charge in [-0.3, -0.25) is 9.48 Å². The third kappa shape index (κ3) is 3.57. The lowest BCUT2D eigenvalue weighted by Gasteiger charge is -2.17. The number of halogens is 2. The highest BCUT2D eigenvalue weighted by molar-refractivity contribution is 9.10. The zero-order valence-corrected chi connectivity index (χ0v) is 17.2. The van der Waals surface area contributed by atoms with Gasteiger partial charge in [-0.05, 0) is 52.2 Å². The number of aryl methyl sites for hydroxylation is 1. The highest BCUT2D eigenvalue weighted by Crippen LogP contribution is 2.44. The number of thiophene rings is 1. The number of amides is 1. The molecule has 0 aliphatic rings. The van der Waals surface area contributed by atoms with Crippen molar-refractivity contribution in [3.63, 3.8) is 0 Å². The third-order valence-corrected chi connectivity index (χ3v) is 6.98. The molecule has 3 rings (SSSR count). The molecule has 0 saturated carbocycles. The third-order valence-electron chi connectivity index (χ3n) is 4.28. The Hall–Kier alpha value is -1.67. The Balaban J connectivity index is 2.10. The number of carbonyl (C=O) groups is 1. The summed E-state index contributed by atoms with van der Waals surface area (Å²) in [6, 6.07) is 9.55. The molecule has 0 saturated heterocycles. The molecule has 8 heteroatoms. The van der Waals surface area contributed by atoms with E-state index in [4.69, 9.17) is 23.1 Å². The van der Waals surface area contributed by atoms with Crippen LogP contribution in [0.1, 0.15) is 26.7 Å². The smallest absolute Gasteiger partial charge is 0.259 e. The van der Waals surface area contributed by atoms with Crippen molar-refractivity contribution in [1.29, 1.82) is 0 Å². The van der Waals surface area contributed by atoms with Crippen molar-refractivity contribution >= 4 is 44.8 Å². The minimum atomic E-state index is -0.461. The summed E-state index contributed by atoms with van der Waals surface area (Å²) in [7, 11) is 1.86. The minimum Gasteiger partial charge on any atom is -0.365 e. The zero-order valence-electron chi connectivity index (χ0n) is 14.1. The molecular weight excluding hydrogens is 436 g/mol. The summed E-state index contributed by atoms with van der Waals surface area (Å²) in [6.45, 7) is 0.367. The highest BCUT2D eigenvalue weighted by Gasteiger charge is 2.27. The van der Waals surface area contributed by atoms with E-state index in [1.165, 1.54) is 11.3 Å². The number of benzene rings is 1. The van der Waals surface area contributed by atoms with Crippen LogP contribution in [0.25, 0.3) is 10.6 Å². The lowest BCUT2D eigenvalue weighted by molar-refractivity contribution is 0.100. The number of primary amides is 1. The summed E-state index contributed by atoms with van der Waals surface area (Å²) in [4.78, 5) is 13.5. The van der Waals surface area contributed by atoms with Gasteiger partial charge in [0.05, 0.1) is 15.4 Å². The first-order valence-corrected chi connectivity index (χ1v) is 9.96. The summed E-state index contributed by atoms with van der Waals surface area (Å²) >= 11 is 11.3. The van der Waals surface area contributed by atoms with Crippen LogP contribution in [0.5, 0.6) is 0 Å². The topological polar surface area (TPSA) is 86.9 Å². The molecule has 0 aliphatic carbocycles. The maximum atomic E-state index is 12.1. The summed E-state index contributed by atoms with van der Waals surface area (Å²) in [5, 5.41) is 4.89. The Labute approximate surface area is 169 Å². The van der Waals surface area contributed by atoms with Crippen molar-refractivity contribution in [3.8, 4) is 10.6 Å². The molecule has 4 N–H and O–H groups in total. The summed E-state index contributed by atoms with van der Waals surface area (Å²) < 4.78 is 2.60. The second kappa shape index (κ2) is 7.92. The number of hydrogen-bond acceptors (Lipinski definition) is 4. The standard InChI is InChI=1S/C18H18BrClN4OS/c1-24-13(6-7-23-24)16-15(19)14(17(26-16)18(22)25)11(9-21)8-10-4-2-3-5-12(10)20/h2-7,11H,8-9,21H2,1H3,(H2,22,25)/t11-/m1/s1. The molecule has 1 aromatic carbocycles. The van der Waals surface area contributed by atoms with E-state index in [1.807, 2.05) is 37.4 Å². The molecule has 26 heavy (non-hydrogen) atoms. The first-order chi connectivity index (χ1) is 12.4. The monoisotopic (exact) mass is 452 g/mol. The van der Waals surface area contributed by atoms with Crippen LogP contribution < -0.4 is 11.5 Å². The molecule has 0 radical (unpaired) electrons. The van der Waals surface area contributed by atoms with Gasteiger partial charge in [0.15, 0.2) is 0 Å². The van der Waals surface area contributed by atoms with Gasteiger partial charge in [-0.1, -0.05) is 29.8 Å². The van der Waals surface area contributed by atoms with Crippen LogP contribution in [-0.2, 0) is 13.5 Å². The van der Waals surface area contributed by atoms with Crippen LogP contribution in [0.3, 0.4) is 0 Å². The summed E-state index contributed by atoms with van der Waals surface area (Å²) in [5.41, 5.74) is 14.5. The molecule has 3 aromatic rings. The molecule has 0 unspecified atom stereocenters. The van der Waals surface area contributed by atoms with Crippen molar-refractivity contribution < 1.29 is 4.79 Å². The van der Waals surface area contributed by atoms with Crippen molar-refractivity contribution in [3.05, 3.63) is 62.0 Å². The average molecular weight is 454 g/mol. The highest BCUT2D eigenvalue weighted by atomic mass is 79.9. The number of aromatic nitrogens is 2. The van der Waals surface area contributed by atoms with Crippen LogP contribution in [0.15, 0.2) is 41.0 Å². The molecule has 2 heterocycles. The molecule has 0 bridgehead atoms. The van der Waals surface area contributed by atoms with Gasteiger partial charge < -0.3 is 11.5 Å². The molecule has 0 aliphatic heterocycles. The minimum absolute atomic E-state index is 0.0926. The molecule has 0 spiro atoms. The fourth-order valence-corrected chi connectivity index (χ4v) is 5.47. The molecule has 136 valence electrons. The van der Waals surface area contributed by atoms with Gasteiger partial charge in [-0.15, -0.1) is 11.3 Å². The van der Waals surface area contributed by atoms with Crippen LogP contribution in [0.2, 0.25) is 5.02 Å². The van der Waals surface area contributed by atoms with Gasteiger partial charge in [0.2, 0.25) is 0 Å². The van der Waals surface area contributed by atoms with E-state index in [1.54, 1.807) is 10.9 Å². The number of carbonyl (C=O) groups excluding carboxylic acids is 1. The molecule has 1 amide bonds. The Bertz CT molecular complexity index is 953. The van der Waals surface area contributed by atoms with Crippen molar-refractivity contribution in [2.75, 3.05) is 6.54 Å². The zero-order chi connectivity index (χ0) is 18.8. The van der Waals surface area contributed by atoms with Gasteiger partial charge in [0.25, 0.3) is 5.91 Å². The maximum absolute atomic E-state index is 12.1. The predicted molar refractivity (Wildman–Crippen MR) is 110 cm³/mol. The van der Waals surface area contributed by atoms with Gasteiger partial charge in [0.1, 0.15) is 0 Å². The van der Waals surface area contributed by atoms with Crippen molar-refractivity contribution in [2.45, 2.75) is 12.3 Å². The summed E-state index contributed by atoms with van der Waals surface area (Å²) in [6.07, 6.45) is 2.34. The van der Waals surface area contributed by atoms with E-state index < -0.39 is 5.91 Å². The molecule has 0 fully saturated rings.